The number of benzene rings is 1. The monoisotopic (exact) mass is 392 g/mol. The molecule has 0 aliphatic rings. The Hall–Kier alpha value is -2.01. The Morgan fingerprint density at radius 2 is 1.74 bits per heavy atom. The molecule has 1 atom stereocenters. The van der Waals surface area contributed by atoms with E-state index < -0.39 is 23.1 Å². The smallest absolute Gasteiger partial charge is 0.314 e. The molecule has 6 heteroatoms. The molecule has 2 rings (SSSR count). The van der Waals surface area contributed by atoms with E-state index in [4.69, 9.17) is 16.3 Å². The average Bonchev–Trinajstić information content (AvgIpc) is 2.53. The molecule has 0 aliphatic heterocycles. The second-order valence-electron chi connectivity index (χ2n) is 8.70. The van der Waals surface area contributed by atoms with E-state index >= 15 is 0 Å². The van der Waals surface area contributed by atoms with Crippen LogP contribution in [0.4, 0.5) is 4.39 Å². The van der Waals surface area contributed by atoms with Gasteiger partial charge in [0, 0.05) is 28.9 Å². The summed E-state index contributed by atoms with van der Waals surface area (Å²) in [5.41, 5.74) is 0.222. The largest absolute Gasteiger partial charge is 0.460 e. The van der Waals surface area contributed by atoms with Gasteiger partial charge in [0.1, 0.15) is 18.2 Å². The Labute approximate surface area is 165 Å². The van der Waals surface area contributed by atoms with E-state index in [0.717, 1.165) is 0 Å². The van der Waals surface area contributed by atoms with E-state index in [-0.39, 0.29) is 22.6 Å². The van der Waals surface area contributed by atoms with Crippen LogP contribution in [0.15, 0.2) is 30.6 Å². The molecule has 0 radical (unpaired) electrons. The van der Waals surface area contributed by atoms with Gasteiger partial charge < -0.3 is 4.74 Å². The van der Waals surface area contributed by atoms with Gasteiger partial charge in [-0.15, -0.1) is 0 Å². The first-order valence-electron chi connectivity index (χ1n) is 8.83. The first kappa shape index (κ1) is 21.3. The molecule has 1 heterocycles. The van der Waals surface area contributed by atoms with Gasteiger partial charge in [-0.3, -0.25) is 4.79 Å². The van der Waals surface area contributed by atoms with Crippen LogP contribution in [0.1, 0.15) is 64.4 Å². The molecule has 0 amide bonds. The molecule has 0 saturated carbocycles. The van der Waals surface area contributed by atoms with Crippen LogP contribution in [0, 0.1) is 11.2 Å². The zero-order valence-corrected chi connectivity index (χ0v) is 17.4. The van der Waals surface area contributed by atoms with Gasteiger partial charge in [-0.05, 0) is 17.5 Å². The third kappa shape index (κ3) is 5.25. The highest BCUT2D eigenvalue weighted by Gasteiger charge is 2.35. The predicted molar refractivity (Wildman–Crippen MR) is 104 cm³/mol. The summed E-state index contributed by atoms with van der Waals surface area (Å²) in [6.45, 7) is 11.7. The number of aromatic nitrogens is 2. The van der Waals surface area contributed by atoms with Crippen molar-refractivity contribution in [2.45, 2.75) is 59.5 Å². The quantitative estimate of drug-likeness (QED) is 0.650. The Morgan fingerprint density at radius 3 is 2.22 bits per heavy atom. The lowest BCUT2D eigenvalue weighted by molar-refractivity contribution is -0.149. The SMILES string of the molecule is CC(C)(C)c1ncc(C(C(=O)OCc2c(F)cccc2Cl)C(C)(C)C)cn1. The number of hydrogen-bond acceptors (Lipinski definition) is 4. The number of esters is 1. The molecular formula is C21H26ClFN2O2. The molecule has 0 fully saturated rings. The zero-order valence-electron chi connectivity index (χ0n) is 16.6. The predicted octanol–water partition coefficient (Wildman–Crippen LogP) is 5.44. The molecule has 0 bridgehead atoms. The fourth-order valence-corrected chi connectivity index (χ4v) is 2.98. The number of carbonyl (C=O) groups excluding carboxylic acids is 1. The molecule has 0 spiro atoms. The van der Waals surface area contributed by atoms with E-state index in [1.165, 1.54) is 12.1 Å². The molecule has 146 valence electrons. The van der Waals surface area contributed by atoms with Crippen molar-refractivity contribution in [3.63, 3.8) is 0 Å². The summed E-state index contributed by atoms with van der Waals surface area (Å²) < 4.78 is 19.3. The van der Waals surface area contributed by atoms with Crippen LogP contribution in [0.2, 0.25) is 5.02 Å². The number of carbonyl (C=O) groups is 1. The van der Waals surface area contributed by atoms with E-state index in [1.54, 1.807) is 18.5 Å². The minimum Gasteiger partial charge on any atom is -0.460 e. The topological polar surface area (TPSA) is 52.1 Å². The summed E-state index contributed by atoms with van der Waals surface area (Å²) in [5, 5.41) is 0.230. The standard InChI is InChI=1S/C21H26ClFN2O2/c1-20(2,3)17(13-10-24-19(25-11-13)21(4,5)6)18(26)27-12-14-15(22)8-7-9-16(14)23/h7-11,17H,12H2,1-6H3. The first-order chi connectivity index (χ1) is 12.4. The van der Waals surface area contributed by atoms with Crippen molar-refractivity contribution in [1.29, 1.82) is 0 Å². The number of rotatable bonds is 4. The van der Waals surface area contributed by atoms with Crippen LogP contribution in [0.3, 0.4) is 0 Å². The van der Waals surface area contributed by atoms with Gasteiger partial charge in [0.2, 0.25) is 0 Å². The zero-order chi connectivity index (χ0) is 20.4. The van der Waals surface area contributed by atoms with Crippen molar-refractivity contribution < 1.29 is 13.9 Å². The Morgan fingerprint density at radius 1 is 1.15 bits per heavy atom. The third-order valence-electron chi connectivity index (χ3n) is 4.20. The molecule has 2 aromatic rings. The molecular weight excluding hydrogens is 367 g/mol. The van der Waals surface area contributed by atoms with Crippen LogP contribution in [-0.2, 0) is 21.6 Å². The van der Waals surface area contributed by atoms with Gasteiger partial charge in [0.05, 0.1) is 10.9 Å². The Kier molecular flexibility index (Phi) is 6.25. The molecule has 1 unspecified atom stereocenters. The fraction of sp³-hybridized carbons (Fsp3) is 0.476. The number of nitrogens with zero attached hydrogens (tertiary/aromatic N) is 2. The molecule has 0 saturated heterocycles. The van der Waals surface area contributed by atoms with Gasteiger partial charge in [-0.25, -0.2) is 14.4 Å². The van der Waals surface area contributed by atoms with Crippen LogP contribution >= 0.6 is 11.6 Å². The maximum absolute atomic E-state index is 13.9. The molecule has 4 nitrogen and oxygen atoms in total. The number of ether oxygens (including phenoxy) is 1. The van der Waals surface area contributed by atoms with Crippen molar-refractivity contribution in [2.75, 3.05) is 0 Å². The highest BCUT2D eigenvalue weighted by molar-refractivity contribution is 6.31. The first-order valence-corrected chi connectivity index (χ1v) is 9.21. The molecule has 1 aromatic carbocycles. The summed E-state index contributed by atoms with van der Waals surface area (Å²) in [4.78, 5) is 21.7. The van der Waals surface area contributed by atoms with E-state index in [0.29, 0.717) is 11.4 Å². The van der Waals surface area contributed by atoms with Crippen molar-refractivity contribution in [3.8, 4) is 0 Å². The summed E-state index contributed by atoms with van der Waals surface area (Å²) in [6, 6.07) is 4.36. The summed E-state index contributed by atoms with van der Waals surface area (Å²) >= 11 is 6.01. The second-order valence-corrected chi connectivity index (χ2v) is 9.10. The lowest BCUT2D eigenvalue weighted by Gasteiger charge is -2.29. The summed E-state index contributed by atoms with van der Waals surface area (Å²) in [6.07, 6.45) is 3.33. The molecule has 27 heavy (non-hydrogen) atoms. The van der Waals surface area contributed by atoms with Crippen LogP contribution in [0.25, 0.3) is 0 Å². The Bertz CT molecular complexity index is 788. The van der Waals surface area contributed by atoms with E-state index in [9.17, 15) is 9.18 Å². The van der Waals surface area contributed by atoms with E-state index in [1.807, 2.05) is 41.5 Å². The molecule has 0 aliphatic carbocycles. The van der Waals surface area contributed by atoms with Crippen molar-refractivity contribution in [2.24, 2.45) is 5.41 Å². The van der Waals surface area contributed by atoms with Crippen molar-refractivity contribution >= 4 is 17.6 Å². The Balaban J connectivity index is 2.25. The van der Waals surface area contributed by atoms with Crippen LogP contribution in [0.5, 0.6) is 0 Å². The lowest BCUT2D eigenvalue weighted by atomic mass is 9.77. The van der Waals surface area contributed by atoms with Crippen molar-refractivity contribution in [1.82, 2.24) is 9.97 Å². The summed E-state index contributed by atoms with van der Waals surface area (Å²) in [5.74, 6) is -0.850. The minimum absolute atomic E-state index is 0.166. The maximum Gasteiger partial charge on any atom is 0.314 e. The van der Waals surface area contributed by atoms with Gasteiger partial charge in [0.25, 0.3) is 0 Å². The number of hydrogen-bond donors (Lipinski definition) is 0. The molecule has 1 aromatic heterocycles. The van der Waals surface area contributed by atoms with Gasteiger partial charge in [-0.1, -0.05) is 59.2 Å². The van der Waals surface area contributed by atoms with Gasteiger partial charge in [0.15, 0.2) is 0 Å². The normalized spacial score (nSPS) is 13.3. The van der Waals surface area contributed by atoms with Gasteiger partial charge in [-0.2, -0.15) is 0 Å². The fourth-order valence-electron chi connectivity index (χ4n) is 2.76. The third-order valence-corrected chi connectivity index (χ3v) is 4.55. The maximum atomic E-state index is 13.9. The second kappa shape index (κ2) is 7.93. The van der Waals surface area contributed by atoms with E-state index in [2.05, 4.69) is 9.97 Å². The van der Waals surface area contributed by atoms with Crippen molar-refractivity contribution in [3.05, 3.63) is 58.4 Å². The highest BCUT2D eigenvalue weighted by Crippen LogP contribution is 2.36. The van der Waals surface area contributed by atoms with Crippen LogP contribution < -0.4 is 0 Å². The van der Waals surface area contributed by atoms with Crippen LogP contribution in [-0.4, -0.2) is 15.9 Å². The lowest BCUT2D eigenvalue weighted by Crippen LogP contribution is -2.29. The highest BCUT2D eigenvalue weighted by atomic mass is 35.5. The average molecular weight is 393 g/mol. The summed E-state index contributed by atoms with van der Waals surface area (Å²) in [7, 11) is 0. The minimum atomic E-state index is -0.586. The molecule has 0 N–H and O–H groups in total. The number of halogens is 2. The van der Waals surface area contributed by atoms with Gasteiger partial charge >= 0.3 is 5.97 Å².